The van der Waals surface area contributed by atoms with Crippen LogP contribution in [-0.4, -0.2) is 41.1 Å². The molecule has 5 nitrogen and oxygen atoms in total. The minimum Gasteiger partial charge on any atom is -0.480 e. The number of amides is 2. The number of nitrogens with zero attached hydrogens (tertiary/aromatic N) is 2. The number of urea groups is 1. The van der Waals surface area contributed by atoms with Gasteiger partial charge in [0.05, 0.1) is 0 Å². The smallest absolute Gasteiger partial charge is 0.326 e. The molecule has 0 bridgehead atoms. The second-order valence-corrected chi connectivity index (χ2v) is 5.71. The van der Waals surface area contributed by atoms with Crippen molar-refractivity contribution >= 4 is 17.7 Å². The van der Waals surface area contributed by atoms with Crippen molar-refractivity contribution < 1.29 is 14.7 Å². The van der Waals surface area contributed by atoms with Crippen LogP contribution in [0.25, 0.3) is 0 Å². The van der Waals surface area contributed by atoms with E-state index in [1.54, 1.807) is 4.90 Å². The second-order valence-electron chi connectivity index (χ2n) is 5.71. The van der Waals surface area contributed by atoms with Crippen molar-refractivity contribution in [2.24, 2.45) is 0 Å². The van der Waals surface area contributed by atoms with Crippen LogP contribution in [0.5, 0.6) is 0 Å². The number of benzene rings is 1. The maximum atomic E-state index is 12.8. The molecule has 1 unspecified atom stereocenters. The summed E-state index contributed by atoms with van der Waals surface area (Å²) in [6.07, 6.45) is 4.20. The van der Waals surface area contributed by atoms with Crippen LogP contribution in [0.3, 0.4) is 0 Å². The zero-order chi connectivity index (χ0) is 14.8. The van der Waals surface area contributed by atoms with Crippen LogP contribution in [0.15, 0.2) is 24.3 Å². The molecule has 1 saturated heterocycles. The summed E-state index contributed by atoms with van der Waals surface area (Å²) in [5.41, 5.74) is 2.10. The topological polar surface area (TPSA) is 60.9 Å². The van der Waals surface area contributed by atoms with E-state index < -0.39 is 12.0 Å². The number of carboxylic acids is 1. The molecule has 1 fully saturated rings. The van der Waals surface area contributed by atoms with Gasteiger partial charge < -0.3 is 10.0 Å². The van der Waals surface area contributed by atoms with Crippen LogP contribution >= 0.6 is 0 Å². The SMILES string of the molecule is O=C(O)C1CCCCN1C(=O)N1CCCc2ccccc21. The van der Waals surface area contributed by atoms with E-state index in [4.69, 9.17) is 0 Å². The Morgan fingerprint density at radius 1 is 1.10 bits per heavy atom. The number of carbonyl (C=O) groups excluding carboxylic acids is 1. The van der Waals surface area contributed by atoms with Gasteiger partial charge in [-0.1, -0.05) is 18.2 Å². The van der Waals surface area contributed by atoms with Crippen LogP contribution in [0.2, 0.25) is 0 Å². The number of rotatable bonds is 1. The zero-order valence-corrected chi connectivity index (χ0v) is 12.0. The number of carbonyl (C=O) groups is 2. The molecule has 2 aliphatic heterocycles. The fraction of sp³-hybridized carbons (Fsp3) is 0.500. The van der Waals surface area contributed by atoms with Gasteiger partial charge in [0.1, 0.15) is 6.04 Å². The van der Waals surface area contributed by atoms with E-state index in [1.165, 1.54) is 10.5 Å². The lowest BCUT2D eigenvalue weighted by Crippen LogP contribution is -2.54. The van der Waals surface area contributed by atoms with E-state index in [2.05, 4.69) is 0 Å². The largest absolute Gasteiger partial charge is 0.480 e. The highest BCUT2D eigenvalue weighted by Gasteiger charge is 2.35. The molecule has 1 N–H and O–H groups in total. The molecule has 0 saturated carbocycles. The zero-order valence-electron chi connectivity index (χ0n) is 12.0. The summed E-state index contributed by atoms with van der Waals surface area (Å²) in [5.74, 6) is -0.895. The Hall–Kier alpha value is -2.04. The summed E-state index contributed by atoms with van der Waals surface area (Å²) in [4.78, 5) is 27.5. The molecule has 2 aliphatic rings. The van der Waals surface area contributed by atoms with Gasteiger partial charge in [-0.25, -0.2) is 9.59 Å². The van der Waals surface area contributed by atoms with Gasteiger partial charge in [0, 0.05) is 18.8 Å². The lowest BCUT2D eigenvalue weighted by Gasteiger charge is -2.38. The maximum absolute atomic E-state index is 12.8. The fourth-order valence-electron chi connectivity index (χ4n) is 3.30. The number of likely N-dealkylation sites (tertiary alicyclic amines) is 1. The van der Waals surface area contributed by atoms with Crippen molar-refractivity contribution in [1.29, 1.82) is 0 Å². The first-order valence-electron chi connectivity index (χ1n) is 7.57. The van der Waals surface area contributed by atoms with Crippen LogP contribution in [0.4, 0.5) is 10.5 Å². The summed E-state index contributed by atoms with van der Waals surface area (Å²) in [5, 5.41) is 9.34. The average Bonchev–Trinajstić information content (AvgIpc) is 2.53. The Labute approximate surface area is 124 Å². The number of piperidine rings is 1. The lowest BCUT2D eigenvalue weighted by atomic mass is 10.0. The van der Waals surface area contributed by atoms with Crippen LogP contribution < -0.4 is 4.90 Å². The Kier molecular flexibility index (Phi) is 3.82. The molecule has 5 heteroatoms. The molecule has 1 aromatic rings. The first-order valence-corrected chi connectivity index (χ1v) is 7.57. The molecule has 2 amide bonds. The van der Waals surface area contributed by atoms with Crippen LogP contribution in [0, 0.1) is 0 Å². The van der Waals surface area contributed by atoms with Crippen molar-refractivity contribution in [3.05, 3.63) is 29.8 Å². The highest BCUT2D eigenvalue weighted by atomic mass is 16.4. The number of fused-ring (bicyclic) bond motifs is 1. The predicted octanol–water partition coefficient (Wildman–Crippen LogP) is 2.50. The normalized spacial score (nSPS) is 21.8. The highest BCUT2D eigenvalue weighted by Crippen LogP contribution is 2.29. The van der Waals surface area contributed by atoms with Gasteiger partial charge in [-0.05, 0) is 43.7 Å². The molecule has 21 heavy (non-hydrogen) atoms. The van der Waals surface area contributed by atoms with Gasteiger partial charge in [0.2, 0.25) is 0 Å². The number of aryl methyl sites for hydroxylation is 1. The third-order valence-electron chi connectivity index (χ3n) is 4.37. The van der Waals surface area contributed by atoms with Gasteiger partial charge >= 0.3 is 12.0 Å². The Balaban J connectivity index is 1.86. The second kappa shape index (κ2) is 5.76. The number of hydrogen-bond donors (Lipinski definition) is 1. The molecule has 0 aliphatic carbocycles. The summed E-state index contributed by atoms with van der Waals surface area (Å²) >= 11 is 0. The van der Waals surface area contributed by atoms with Gasteiger partial charge in [0.25, 0.3) is 0 Å². The van der Waals surface area contributed by atoms with Crippen molar-refractivity contribution in [3.63, 3.8) is 0 Å². The quantitative estimate of drug-likeness (QED) is 0.863. The molecule has 112 valence electrons. The molecule has 2 heterocycles. The number of para-hydroxylation sites is 1. The summed E-state index contributed by atoms with van der Waals surface area (Å²) in [6, 6.07) is 7.06. The van der Waals surface area contributed by atoms with Crippen LogP contribution in [-0.2, 0) is 11.2 Å². The van der Waals surface area contributed by atoms with E-state index in [9.17, 15) is 14.7 Å². The van der Waals surface area contributed by atoms with E-state index >= 15 is 0 Å². The van der Waals surface area contributed by atoms with E-state index in [0.29, 0.717) is 19.5 Å². The lowest BCUT2D eigenvalue weighted by molar-refractivity contribution is -0.143. The van der Waals surface area contributed by atoms with E-state index in [1.807, 2.05) is 24.3 Å². The average molecular weight is 288 g/mol. The van der Waals surface area contributed by atoms with Gasteiger partial charge in [-0.3, -0.25) is 4.90 Å². The number of aliphatic carboxylic acids is 1. The monoisotopic (exact) mass is 288 g/mol. The van der Waals surface area contributed by atoms with Crippen molar-refractivity contribution in [2.75, 3.05) is 18.0 Å². The number of hydrogen-bond acceptors (Lipinski definition) is 2. The molecule has 3 rings (SSSR count). The minimum atomic E-state index is -0.895. The van der Waals surface area contributed by atoms with Crippen molar-refractivity contribution in [3.8, 4) is 0 Å². The number of anilines is 1. The molecule has 0 aromatic heterocycles. The maximum Gasteiger partial charge on any atom is 0.326 e. The Bertz CT molecular complexity index is 558. The van der Waals surface area contributed by atoms with Crippen LogP contribution in [0.1, 0.15) is 31.2 Å². The number of carboxylic acid groups (broad SMARTS) is 1. The highest BCUT2D eigenvalue weighted by molar-refractivity contribution is 5.95. The van der Waals surface area contributed by atoms with E-state index in [0.717, 1.165) is 31.4 Å². The first-order chi connectivity index (χ1) is 10.2. The molecule has 0 radical (unpaired) electrons. The summed E-state index contributed by atoms with van der Waals surface area (Å²) in [6.45, 7) is 1.20. The predicted molar refractivity (Wildman–Crippen MR) is 79.5 cm³/mol. The van der Waals surface area contributed by atoms with E-state index in [-0.39, 0.29) is 6.03 Å². The molecule has 1 aromatic carbocycles. The first kappa shape index (κ1) is 13.9. The molecule has 1 atom stereocenters. The Morgan fingerprint density at radius 3 is 2.71 bits per heavy atom. The van der Waals surface area contributed by atoms with Gasteiger partial charge in [0.15, 0.2) is 0 Å². The molecule has 0 spiro atoms. The molecular weight excluding hydrogens is 268 g/mol. The fourth-order valence-corrected chi connectivity index (χ4v) is 3.30. The standard InChI is InChI=1S/C16H20N2O3/c19-15(20)14-9-3-4-10-18(14)16(21)17-11-5-7-12-6-1-2-8-13(12)17/h1-2,6,8,14H,3-5,7,9-11H2,(H,19,20). The van der Waals surface area contributed by atoms with Crippen molar-refractivity contribution in [1.82, 2.24) is 4.90 Å². The van der Waals surface area contributed by atoms with Crippen molar-refractivity contribution in [2.45, 2.75) is 38.1 Å². The Morgan fingerprint density at radius 2 is 1.90 bits per heavy atom. The third kappa shape index (κ3) is 2.60. The minimum absolute atomic E-state index is 0.158. The van der Waals surface area contributed by atoms with Gasteiger partial charge in [-0.15, -0.1) is 0 Å². The summed E-state index contributed by atoms with van der Waals surface area (Å²) in [7, 11) is 0. The third-order valence-corrected chi connectivity index (χ3v) is 4.37. The van der Waals surface area contributed by atoms with Gasteiger partial charge in [-0.2, -0.15) is 0 Å². The molecular formula is C16H20N2O3. The summed E-state index contributed by atoms with van der Waals surface area (Å²) < 4.78 is 0.